The SMILES string of the molecule is CC1CCN(C(=O)CNS(=O)(=O)c2ccc(F)cc2)CC1. The Morgan fingerprint density at radius 1 is 1.29 bits per heavy atom. The number of carbonyl (C=O) groups is 1. The smallest absolute Gasteiger partial charge is 0.241 e. The number of piperidine rings is 1. The Balaban J connectivity index is 1.92. The molecule has 1 aromatic carbocycles. The first kappa shape index (κ1) is 15.9. The Morgan fingerprint density at radius 3 is 2.43 bits per heavy atom. The van der Waals surface area contributed by atoms with Gasteiger partial charge in [-0.15, -0.1) is 0 Å². The first-order valence-corrected chi connectivity index (χ1v) is 8.40. The van der Waals surface area contributed by atoms with Gasteiger partial charge in [-0.05, 0) is 43.0 Å². The van der Waals surface area contributed by atoms with Crippen LogP contribution in [0.1, 0.15) is 19.8 Å². The number of nitrogens with zero attached hydrogens (tertiary/aromatic N) is 1. The Hall–Kier alpha value is -1.47. The topological polar surface area (TPSA) is 66.5 Å². The fourth-order valence-electron chi connectivity index (χ4n) is 2.22. The lowest BCUT2D eigenvalue weighted by molar-refractivity contribution is -0.131. The maximum absolute atomic E-state index is 12.8. The van der Waals surface area contributed by atoms with E-state index in [0.717, 1.165) is 25.0 Å². The number of carbonyl (C=O) groups excluding carboxylic acids is 1. The zero-order valence-corrected chi connectivity index (χ0v) is 12.7. The summed E-state index contributed by atoms with van der Waals surface area (Å²) in [5.41, 5.74) is 0. The van der Waals surface area contributed by atoms with Crippen LogP contribution in [0, 0.1) is 11.7 Å². The van der Waals surface area contributed by atoms with Crippen molar-refractivity contribution in [2.45, 2.75) is 24.7 Å². The third kappa shape index (κ3) is 4.25. The summed E-state index contributed by atoms with van der Waals surface area (Å²) >= 11 is 0. The molecule has 0 aromatic heterocycles. The van der Waals surface area contributed by atoms with E-state index in [-0.39, 0.29) is 17.3 Å². The second kappa shape index (κ2) is 6.53. The highest BCUT2D eigenvalue weighted by Crippen LogP contribution is 2.16. The molecule has 116 valence electrons. The van der Waals surface area contributed by atoms with Gasteiger partial charge in [0.15, 0.2) is 0 Å². The fraction of sp³-hybridized carbons (Fsp3) is 0.500. The van der Waals surface area contributed by atoms with Crippen LogP contribution in [0.15, 0.2) is 29.2 Å². The monoisotopic (exact) mass is 314 g/mol. The van der Waals surface area contributed by atoms with Gasteiger partial charge in [-0.1, -0.05) is 6.92 Å². The number of nitrogens with one attached hydrogen (secondary N) is 1. The fourth-order valence-corrected chi connectivity index (χ4v) is 3.20. The van der Waals surface area contributed by atoms with Crippen molar-refractivity contribution in [2.24, 2.45) is 5.92 Å². The number of sulfonamides is 1. The van der Waals surface area contributed by atoms with Crippen molar-refractivity contribution < 1.29 is 17.6 Å². The quantitative estimate of drug-likeness (QED) is 0.912. The van der Waals surface area contributed by atoms with Crippen LogP contribution < -0.4 is 4.72 Å². The Morgan fingerprint density at radius 2 is 1.86 bits per heavy atom. The molecule has 1 fully saturated rings. The first-order valence-electron chi connectivity index (χ1n) is 6.91. The van der Waals surface area contributed by atoms with E-state index >= 15 is 0 Å². The third-order valence-corrected chi connectivity index (χ3v) is 5.09. The van der Waals surface area contributed by atoms with E-state index in [9.17, 15) is 17.6 Å². The summed E-state index contributed by atoms with van der Waals surface area (Å²) in [5, 5.41) is 0. The molecule has 1 saturated heterocycles. The Labute approximate surface area is 124 Å². The van der Waals surface area contributed by atoms with Gasteiger partial charge < -0.3 is 4.90 Å². The van der Waals surface area contributed by atoms with Crippen LogP contribution >= 0.6 is 0 Å². The van der Waals surface area contributed by atoms with Gasteiger partial charge in [-0.25, -0.2) is 17.5 Å². The average molecular weight is 314 g/mol. The summed E-state index contributed by atoms with van der Waals surface area (Å²) in [7, 11) is -3.79. The molecule has 1 N–H and O–H groups in total. The van der Waals surface area contributed by atoms with Crippen molar-refractivity contribution in [3.63, 3.8) is 0 Å². The van der Waals surface area contributed by atoms with Crippen molar-refractivity contribution in [3.05, 3.63) is 30.1 Å². The van der Waals surface area contributed by atoms with Gasteiger partial charge in [-0.2, -0.15) is 0 Å². The number of likely N-dealkylation sites (tertiary alicyclic amines) is 1. The molecular formula is C14H19FN2O3S. The van der Waals surface area contributed by atoms with Crippen molar-refractivity contribution in [2.75, 3.05) is 19.6 Å². The first-order chi connectivity index (χ1) is 9.88. The maximum atomic E-state index is 12.8. The number of amides is 1. The predicted molar refractivity (Wildman–Crippen MR) is 76.6 cm³/mol. The van der Waals surface area contributed by atoms with Crippen molar-refractivity contribution in [3.8, 4) is 0 Å². The van der Waals surface area contributed by atoms with Gasteiger partial charge in [0, 0.05) is 13.1 Å². The van der Waals surface area contributed by atoms with Crippen molar-refractivity contribution in [1.29, 1.82) is 0 Å². The van der Waals surface area contributed by atoms with Crippen LogP contribution in [0.25, 0.3) is 0 Å². The summed E-state index contributed by atoms with van der Waals surface area (Å²) in [5.74, 6) is -0.134. The largest absolute Gasteiger partial charge is 0.342 e. The van der Waals surface area contributed by atoms with Crippen molar-refractivity contribution in [1.82, 2.24) is 9.62 Å². The zero-order valence-electron chi connectivity index (χ0n) is 11.9. The highest BCUT2D eigenvalue weighted by atomic mass is 32.2. The molecule has 1 aromatic rings. The summed E-state index contributed by atoms with van der Waals surface area (Å²) in [6.45, 7) is 3.20. The van der Waals surface area contributed by atoms with Crippen LogP contribution in [-0.4, -0.2) is 38.9 Å². The van der Waals surface area contributed by atoms with E-state index in [1.165, 1.54) is 12.1 Å². The summed E-state index contributed by atoms with van der Waals surface area (Å²) < 4.78 is 39.0. The lowest BCUT2D eigenvalue weighted by atomic mass is 9.99. The van der Waals surface area contributed by atoms with E-state index in [1.54, 1.807) is 4.90 Å². The van der Waals surface area contributed by atoms with Crippen LogP contribution in [0.4, 0.5) is 4.39 Å². The second-order valence-corrected chi connectivity index (χ2v) is 7.11. The van der Waals surface area contributed by atoms with E-state index in [2.05, 4.69) is 11.6 Å². The highest BCUT2D eigenvalue weighted by Gasteiger charge is 2.22. The van der Waals surface area contributed by atoms with Gasteiger partial charge in [0.05, 0.1) is 11.4 Å². The van der Waals surface area contributed by atoms with E-state index in [4.69, 9.17) is 0 Å². The summed E-state index contributed by atoms with van der Waals surface area (Å²) in [6.07, 6.45) is 1.88. The summed E-state index contributed by atoms with van der Waals surface area (Å²) in [6, 6.07) is 4.49. The van der Waals surface area contributed by atoms with Gasteiger partial charge >= 0.3 is 0 Å². The van der Waals surface area contributed by atoms with Gasteiger partial charge in [0.1, 0.15) is 5.82 Å². The van der Waals surface area contributed by atoms with Crippen LogP contribution in [0.3, 0.4) is 0 Å². The number of halogens is 1. The predicted octanol–water partition coefficient (Wildman–Crippen LogP) is 1.36. The van der Waals surface area contributed by atoms with Crippen molar-refractivity contribution >= 4 is 15.9 Å². The van der Waals surface area contributed by atoms with Crippen LogP contribution in [0.5, 0.6) is 0 Å². The molecule has 0 spiro atoms. The molecule has 0 saturated carbocycles. The molecule has 1 aliphatic heterocycles. The molecule has 21 heavy (non-hydrogen) atoms. The molecule has 0 unspecified atom stereocenters. The molecule has 1 heterocycles. The molecule has 2 rings (SSSR count). The van der Waals surface area contributed by atoms with E-state index < -0.39 is 15.8 Å². The minimum Gasteiger partial charge on any atom is -0.342 e. The number of hydrogen-bond acceptors (Lipinski definition) is 3. The lowest BCUT2D eigenvalue weighted by Crippen LogP contribution is -2.43. The molecule has 0 aliphatic carbocycles. The summed E-state index contributed by atoms with van der Waals surface area (Å²) in [4.78, 5) is 13.6. The van der Waals surface area contributed by atoms with Gasteiger partial charge in [-0.3, -0.25) is 4.79 Å². The number of hydrogen-bond donors (Lipinski definition) is 1. The molecule has 1 aliphatic rings. The van der Waals surface area contributed by atoms with Crippen LogP contribution in [-0.2, 0) is 14.8 Å². The molecule has 0 atom stereocenters. The van der Waals surface area contributed by atoms with Crippen LogP contribution in [0.2, 0.25) is 0 Å². The number of benzene rings is 1. The molecule has 1 amide bonds. The Bertz CT molecular complexity index is 593. The Kier molecular flexibility index (Phi) is 4.95. The molecular weight excluding hydrogens is 295 g/mol. The molecule has 0 radical (unpaired) electrons. The number of rotatable bonds is 4. The molecule has 7 heteroatoms. The standard InChI is InChI=1S/C14H19FN2O3S/c1-11-6-8-17(9-7-11)14(18)10-16-21(19,20)13-4-2-12(15)3-5-13/h2-5,11,16H,6-10H2,1H3. The average Bonchev–Trinajstić information content (AvgIpc) is 2.46. The normalized spacial score (nSPS) is 17.0. The van der Waals surface area contributed by atoms with E-state index in [0.29, 0.717) is 19.0 Å². The van der Waals surface area contributed by atoms with Gasteiger partial charge in [0.2, 0.25) is 15.9 Å². The van der Waals surface area contributed by atoms with E-state index in [1.807, 2.05) is 0 Å². The molecule has 5 nitrogen and oxygen atoms in total. The maximum Gasteiger partial charge on any atom is 0.241 e. The van der Waals surface area contributed by atoms with Gasteiger partial charge in [0.25, 0.3) is 0 Å². The molecule has 0 bridgehead atoms. The second-order valence-electron chi connectivity index (χ2n) is 5.34. The minimum absolute atomic E-state index is 0.0519. The third-order valence-electron chi connectivity index (χ3n) is 3.67. The minimum atomic E-state index is -3.79. The lowest BCUT2D eigenvalue weighted by Gasteiger charge is -2.30. The zero-order chi connectivity index (χ0) is 15.5. The highest BCUT2D eigenvalue weighted by molar-refractivity contribution is 7.89.